The number of rotatable bonds is 5. The van der Waals surface area contributed by atoms with Crippen LogP contribution in [0.2, 0.25) is 0 Å². The van der Waals surface area contributed by atoms with Gasteiger partial charge in [-0.05, 0) is 108 Å². The predicted molar refractivity (Wildman–Crippen MR) is 136 cm³/mol. The average molecular weight is 461 g/mol. The van der Waals surface area contributed by atoms with Crippen LogP contribution in [0.15, 0.2) is 47.6 Å². The Hall–Kier alpha value is -3.01. The number of ether oxygens (including phenoxy) is 2. The van der Waals surface area contributed by atoms with Gasteiger partial charge in [0.15, 0.2) is 5.78 Å². The maximum absolute atomic E-state index is 13.1. The molecule has 34 heavy (non-hydrogen) atoms. The number of benzene rings is 2. The van der Waals surface area contributed by atoms with Crippen LogP contribution in [0.1, 0.15) is 93.1 Å². The molecular formula is C30H36O4. The van der Waals surface area contributed by atoms with E-state index >= 15 is 0 Å². The van der Waals surface area contributed by atoms with E-state index in [-0.39, 0.29) is 23.6 Å². The number of phenols is 1. The first kappa shape index (κ1) is 24.1. The summed E-state index contributed by atoms with van der Waals surface area (Å²) in [5.74, 6) is 1.70. The fourth-order valence-corrected chi connectivity index (χ4v) is 4.64. The highest BCUT2D eigenvalue weighted by Crippen LogP contribution is 2.44. The second kappa shape index (κ2) is 9.32. The molecule has 2 aliphatic rings. The Morgan fingerprint density at radius 3 is 2.47 bits per heavy atom. The summed E-state index contributed by atoms with van der Waals surface area (Å²) in [5.41, 5.74) is 6.74. The fourth-order valence-electron chi connectivity index (χ4n) is 4.64. The van der Waals surface area contributed by atoms with Crippen molar-refractivity contribution in [3.63, 3.8) is 0 Å². The predicted octanol–water partition coefficient (Wildman–Crippen LogP) is 7.22. The third-order valence-electron chi connectivity index (χ3n) is 6.62. The molecule has 1 atom stereocenters. The van der Waals surface area contributed by atoms with Crippen LogP contribution in [0, 0.1) is 0 Å². The van der Waals surface area contributed by atoms with Crippen molar-refractivity contribution < 1.29 is 19.4 Å². The van der Waals surface area contributed by atoms with E-state index < -0.39 is 6.10 Å². The first-order valence-electron chi connectivity index (χ1n) is 12.2. The molecule has 0 aliphatic carbocycles. The summed E-state index contributed by atoms with van der Waals surface area (Å²) in [5, 5.41) is 10.6. The van der Waals surface area contributed by atoms with Gasteiger partial charge in [-0.25, -0.2) is 0 Å². The number of ketones is 1. The molecule has 0 amide bonds. The van der Waals surface area contributed by atoms with Gasteiger partial charge in [-0.1, -0.05) is 23.3 Å². The van der Waals surface area contributed by atoms with E-state index in [4.69, 9.17) is 9.47 Å². The highest BCUT2D eigenvalue weighted by molar-refractivity contribution is 6.00. The van der Waals surface area contributed by atoms with Crippen molar-refractivity contribution in [2.45, 2.75) is 85.4 Å². The minimum absolute atomic E-state index is 0.0469. The molecule has 0 spiro atoms. The Bertz CT molecular complexity index is 1170. The van der Waals surface area contributed by atoms with Crippen molar-refractivity contribution in [2.75, 3.05) is 0 Å². The monoisotopic (exact) mass is 460 g/mol. The Balaban J connectivity index is 1.76. The Morgan fingerprint density at radius 1 is 1.06 bits per heavy atom. The lowest BCUT2D eigenvalue weighted by Crippen LogP contribution is -2.33. The molecule has 4 heteroatoms. The van der Waals surface area contributed by atoms with Crippen LogP contribution in [-0.4, -0.2) is 16.5 Å². The van der Waals surface area contributed by atoms with E-state index in [1.165, 1.54) is 11.1 Å². The number of carbonyl (C=O) groups excluding carboxylic acids is 1. The van der Waals surface area contributed by atoms with Crippen LogP contribution in [-0.2, 0) is 19.3 Å². The number of aromatic hydroxyl groups is 1. The van der Waals surface area contributed by atoms with Gasteiger partial charge in [0.1, 0.15) is 29.0 Å². The van der Waals surface area contributed by atoms with Crippen LogP contribution >= 0.6 is 0 Å². The topological polar surface area (TPSA) is 55.8 Å². The molecule has 0 radical (unpaired) electrons. The summed E-state index contributed by atoms with van der Waals surface area (Å²) in [7, 11) is 0. The molecule has 0 bridgehead atoms. The number of hydrogen-bond donors (Lipinski definition) is 1. The van der Waals surface area contributed by atoms with Crippen molar-refractivity contribution in [2.24, 2.45) is 0 Å². The minimum Gasteiger partial charge on any atom is -0.508 e. The quantitative estimate of drug-likeness (QED) is 0.479. The number of allylic oxidation sites excluding steroid dienone is 4. The number of fused-ring (bicyclic) bond motifs is 2. The van der Waals surface area contributed by atoms with Gasteiger partial charge in [0, 0.05) is 5.56 Å². The summed E-state index contributed by atoms with van der Waals surface area (Å²) < 4.78 is 12.9. The molecule has 180 valence electrons. The second-order valence-corrected chi connectivity index (χ2v) is 10.7. The van der Waals surface area contributed by atoms with E-state index in [9.17, 15) is 9.90 Å². The van der Waals surface area contributed by atoms with Crippen molar-refractivity contribution in [1.82, 2.24) is 0 Å². The third-order valence-corrected chi connectivity index (χ3v) is 6.62. The van der Waals surface area contributed by atoms with Gasteiger partial charge in [0.05, 0.1) is 12.0 Å². The summed E-state index contributed by atoms with van der Waals surface area (Å²) in [6.07, 6.45) is 7.33. The number of aryl methyl sites for hydroxylation is 1. The molecule has 0 unspecified atom stereocenters. The minimum atomic E-state index is -0.391. The number of Topliss-reactive ketones (excluding diaryl/α,β-unsaturated/α-hetero) is 1. The molecule has 2 aromatic rings. The van der Waals surface area contributed by atoms with Crippen LogP contribution in [0.3, 0.4) is 0 Å². The number of phenolic OH excluding ortho intramolecular Hbond substituents is 1. The SMILES string of the molecule is CC(C)=CCc1cc([C@@H]2CC(=O)c3ccc(O)c(CC=C(C)C)c3O2)cc2c1OC(C)(C)CC2. The molecule has 0 aromatic heterocycles. The molecule has 2 aliphatic heterocycles. The molecule has 4 rings (SSSR count). The molecule has 0 fully saturated rings. The smallest absolute Gasteiger partial charge is 0.170 e. The van der Waals surface area contributed by atoms with Gasteiger partial charge in [0.25, 0.3) is 0 Å². The van der Waals surface area contributed by atoms with Gasteiger partial charge >= 0.3 is 0 Å². The van der Waals surface area contributed by atoms with Gasteiger partial charge in [0.2, 0.25) is 0 Å². The molecule has 4 nitrogen and oxygen atoms in total. The molecule has 0 saturated carbocycles. The Kier molecular flexibility index (Phi) is 6.62. The Morgan fingerprint density at radius 2 is 1.76 bits per heavy atom. The Labute approximate surface area is 203 Å². The van der Waals surface area contributed by atoms with E-state index in [1.54, 1.807) is 12.1 Å². The molecule has 1 N–H and O–H groups in total. The maximum atomic E-state index is 13.1. The molecule has 2 aromatic carbocycles. The lowest BCUT2D eigenvalue weighted by Gasteiger charge is -2.35. The van der Waals surface area contributed by atoms with Crippen molar-refractivity contribution in [1.29, 1.82) is 0 Å². The summed E-state index contributed by atoms with van der Waals surface area (Å²) >= 11 is 0. The van der Waals surface area contributed by atoms with E-state index in [1.807, 2.05) is 19.9 Å². The summed E-state index contributed by atoms with van der Waals surface area (Å²) in [4.78, 5) is 13.1. The second-order valence-electron chi connectivity index (χ2n) is 10.7. The summed E-state index contributed by atoms with van der Waals surface area (Å²) in [6.45, 7) is 12.5. The van der Waals surface area contributed by atoms with E-state index in [2.05, 4.69) is 45.9 Å². The highest BCUT2D eigenvalue weighted by atomic mass is 16.5. The van der Waals surface area contributed by atoms with Gasteiger partial charge < -0.3 is 14.6 Å². The normalized spacial score (nSPS) is 18.2. The van der Waals surface area contributed by atoms with Crippen molar-refractivity contribution in [3.8, 4) is 17.2 Å². The number of carbonyl (C=O) groups is 1. The van der Waals surface area contributed by atoms with Crippen LogP contribution in [0.25, 0.3) is 0 Å². The molecular weight excluding hydrogens is 424 g/mol. The van der Waals surface area contributed by atoms with E-state index in [0.717, 1.165) is 41.7 Å². The summed E-state index contributed by atoms with van der Waals surface area (Å²) in [6, 6.07) is 7.57. The van der Waals surface area contributed by atoms with Crippen LogP contribution in [0.5, 0.6) is 17.2 Å². The molecule has 0 saturated heterocycles. The van der Waals surface area contributed by atoms with Crippen molar-refractivity contribution in [3.05, 3.63) is 75.4 Å². The average Bonchev–Trinajstić information content (AvgIpc) is 2.75. The van der Waals surface area contributed by atoms with Gasteiger partial charge in [-0.15, -0.1) is 0 Å². The fraction of sp³-hybridized carbons (Fsp3) is 0.433. The zero-order chi connectivity index (χ0) is 24.6. The highest BCUT2D eigenvalue weighted by Gasteiger charge is 2.33. The standard InChI is InChI=1S/C30H36O4/c1-18(2)7-9-20-15-22(16-21-13-14-30(5,6)34-28(20)21)27-17-26(32)24-11-12-25(31)23(29(24)33-27)10-8-19(3)4/h7-8,11-12,15-16,27,31H,9-10,13-14,17H2,1-6H3/t27-/m0/s1. The maximum Gasteiger partial charge on any atom is 0.170 e. The molecule has 2 heterocycles. The van der Waals surface area contributed by atoms with Crippen molar-refractivity contribution >= 4 is 5.78 Å². The van der Waals surface area contributed by atoms with E-state index in [0.29, 0.717) is 23.3 Å². The third kappa shape index (κ3) is 5.06. The lowest BCUT2D eigenvalue weighted by atomic mass is 9.87. The first-order valence-corrected chi connectivity index (χ1v) is 12.2. The lowest BCUT2D eigenvalue weighted by molar-refractivity contribution is 0.0823. The zero-order valence-corrected chi connectivity index (χ0v) is 21.2. The van der Waals surface area contributed by atoms with Gasteiger partial charge in [-0.2, -0.15) is 0 Å². The van der Waals surface area contributed by atoms with Gasteiger partial charge in [-0.3, -0.25) is 4.79 Å². The van der Waals surface area contributed by atoms with Crippen LogP contribution in [0.4, 0.5) is 0 Å². The van der Waals surface area contributed by atoms with Crippen LogP contribution < -0.4 is 9.47 Å². The first-order chi connectivity index (χ1) is 16.0. The zero-order valence-electron chi connectivity index (χ0n) is 21.2. The number of hydrogen-bond acceptors (Lipinski definition) is 4. The largest absolute Gasteiger partial charge is 0.508 e.